The van der Waals surface area contributed by atoms with Gasteiger partial charge in [-0.3, -0.25) is 4.79 Å². The molecule has 0 saturated heterocycles. The molecule has 1 nitrogen and oxygen atoms in total. The number of hydrogen-bond donors (Lipinski definition) is 0. The number of benzene rings is 1. The summed E-state index contributed by atoms with van der Waals surface area (Å²) in [5.74, 6) is 0. The van der Waals surface area contributed by atoms with Crippen LogP contribution in [0.15, 0.2) is 6.07 Å². The Morgan fingerprint density at radius 3 is 2.25 bits per heavy atom. The number of aldehydes is 1. The van der Waals surface area contributed by atoms with Crippen molar-refractivity contribution in [2.75, 3.05) is 0 Å². The van der Waals surface area contributed by atoms with E-state index in [0.29, 0.717) is 0 Å². The highest BCUT2D eigenvalue weighted by atomic mass is 31.0. The molecule has 0 aliphatic carbocycles. The molecule has 0 amide bonds. The fourth-order valence-electron chi connectivity index (χ4n) is 1.22. The van der Waals surface area contributed by atoms with Crippen LogP contribution in [0.5, 0.6) is 0 Å². The molecule has 2 heteroatoms. The molecule has 1 aromatic carbocycles. The first-order valence-electron chi connectivity index (χ1n) is 3.89. The van der Waals surface area contributed by atoms with Crippen molar-refractivity contribution in [1.29, 1.82) is 0 Å². The first-order chi connectivity index (χ1) is 5.57. The molecule has 1 aromatic rings. The number of carbonyl (C=O) groups is 1. The average Bonchev–Trinajstić information content (AvgIpc) is 2.08. The van der Waals surface area contributed by atoms with E-state index in [1.54, 1.807) is 0 Å². The highest BCUT2D eigenvalue weighted by molar-refractivity contribution is 7.27. The molecule has 0 aliphatic rings. The third-order valence-electron chi connectivity index (χ3n) is 2.43. The predicted octanol–water partition coefficient (Wildman–Crippen LogP) is 1.92. The molecule has 0 spiro atoms. The minimum absolute atomic E-state index is 0.795. The van der Waals surface area contributed by atoms with Crippen LogP contribution in [0.3, 0.4) is 0 Å². The van der Waals surface area contributed by atoms with Crippen LogP contribution in [-0.2, 0) is 0 Å². The molecule has 0 N–H and O–H groups in total. The molecular formula is C10H13OP. The quantitative estimate of drug-likeness (QED) is 0.476. The summed E-state index contributed by atoms with van der Waals surface area (Å²) in [5, 5.41) is 1.11. The Kier molecular flexibility index (Phi) is 2.64. The Morgan fingerprint density at radius 1 is 1.17 bits per heavy atom. The van der Waals surface area contributed by atoms with Crippen LogP contribution >= 0.6 is 9.24 Å². The SMILES string of the molecule is Cc1c(P)cc(C=O)c(C)c1C. The number of carbonyl (C=O) groups excluding carboxylic acids is 1. The Hall–Kier alpha value is -0.680. The molecule has 1 atom stereocenters. The molecule has 1 unspecified atom stereocenters. The Balaban J connectivity index is 3.49. The van der Waals surface area contributed by atoms with E-state index in [-0.39, 0.29) is 0 Å². The number of rotatable bonds is 1. The predicted molar refractivity (Wildman–Crippen MR) is 55.4 cm³/mol. The maximum absolute atomic E-state index is 10.6. The van der Waals surface area contributed by atoms with Crippen LogP contribution < -0.4 is 5.30 Å². The third kappa shape index (κ3) is 1.42. The molecule has 0 aliphatic heterocycles. The second kappa shape index (κ2) is 3.37. The summed E-state index contributed by atoms with van der Waals surface area (Å²) in [6, 6.07) is 1.91. The maximum atomic E-state index is 10.6. The molecular weight excluding hydrogens is 167 g/mol. The zero-order valence-corrected chi connectivity index (χ0v) is 8.79. The fourth-order valence-corrected chi connectivity index (χ4v) is 1.62. The van der Waals surface area contributed by atoms with Crippen molar-refractivity contribution in [3.63, 3.8) is 0 Å². The van der Waals surface area contributed by atoms with Gasteiger partial charge in [0.25, 0.3) is 0 Å². The molecule has 0 radical (unpaired) electrons. The zero-order chi connectivity index (χ0) is 9.30. The van der Waals surface area contributed by atoms with E-state index in [9.17, 15) is 4.79 Å². The van der Waals surface area contributed by atoms with Gasteiger partial charge in [-0.1, -0.05) is 0 Å². The van der Waals surface area contributed by atoms with Gasteiger partial charge < -0.3 is 0 Å². The van der Waals surface area contributed by atoms with E-state index in [1.807, 2.05) is 19.9 Å². The lowest BCUT2D eigenvalue weighted by molar-refractivity contribution is 0.112. The first-order valence-corrected chi connectivity index (χ1v) is 4.47. The second-order valence-electron chi connectivity index (χ2n) is 3.05. The van der Waals surface area contributed by atoms with Gasteiger partial charge in [-0.2, -0.15) is 0 Å². The molecule has 0 saturated carbocycles. The van der Waals surface area contributed by atoms with Crippen molar-refractivity contribution in [2.24, 2.45) is 0 Å². The minimum atomic E-state index is 0.795. The maximum Gasteiger partial charge on any atom is 0.150 e. The Labute approximate surface area is 75.4 Å². The molecule has 64 valence electrons. The van der Waals surface area contributed by atoms with Crippen LogP contribution in [0.25, 0.3) is 0 Å². The van der Waals surface area contributed by atoms with Crippen LogP contribution in [0.2, 0.25) is 0 Å². The summed E-state index contributed by atoms with van der Waals surface area (Å²) < 4.78 is 0. The summed E-state index contributed by atoms with van der Waals surface area (Å²) in [4.78, 5) is 10.6. The van der Waals surface area contributed by atoms with Gasteiger partial charge in [0.2, 0.25) is 0 Å². The summed E-state index contributed by atoms with van der Waals surface area (Å²) in [6.07, 6.45) is 0.912. The topological polar surface area (TPSA) is 17.1 Å². The molecule has 1 rings (SSSR count). The van der Waals surface area contributed by atoms with Gasteiger partial charge in [0, 0.05) is 5.56 Å². The van der Waals surface area contributed by atoms with E-state index < -0.39 is 0 Å². The van der Waals surface area contributed by atoms with Crippen molar-refractivity contribution in [2.45, 2.75) is 20.8 Å². The normalized spacial score (nSPS) is 10.0. The van der Waals surface area contributed by atoms with E-state index in [4.69, 9.17) is 0 Å². The third-order valence-corrected chi connectivity index (χ3v) is 3.03. The van der Waals surface area contributed by atoms with Crippen molar-refractivity contribution in [3.05, 3.63) is 28.3 Å². The summed E-state index contributed by atoms with van der Waals surface area (Å²) in [7, 11) is 2.65. The van der Waals surface area contributed by atoms with Crippen LogP contribution in [0, 0.1) is 20.8 Å². The van der Waals surface area contributed by atoms with Gasteiger partial charge in [0.15, 0.2) is 0 Å². The van der Waals surface area contributed by atoms with Gasteiger partial charge in [0.1, 0.15) is 6.29 Å². The zero-order valence-electron chi connectivity index (χ0n) is 7.64. The van der Waals surface area contributed by atoms with Gasteiger partial charge in [-0.05, 0) is 48.8 Å². The monoisotopic (exact) mass is 180 g/mol. The van der Waals surface area contributed by atoms with Gasteiger partial charge in [0.05, 0.1) is 0 Å². The average molecular weight is 180 g/mol. The van der Waals surface area contributed by atoms with E-state index in [0.717, 1.165) is 22.7 Å². The summed E-state index contributed by atoms with van der Waals surface area (Å²) >= 11 is 0. The highest BCUT2D eigenvalue weighted by Gasteiger charge is 2.05. The lowest BCUT2D eigenvalue weighted by atomic mass is 9.99. The molecule has 12 heavy (non-hydrogen) atoms. The molecule has 0 bridgehead atoms. The van der Waals surface area contributed by atoms with Crippen molar-refractivity contribution in [3.8, 4) is 0 Å². The van der Waals surface area contributed by atoms with Crippen LogP contribution in [-0.4, -0.2) is 6.29 Å². The lowest BCUT2D eigenvalue weighted by Gasteiger charge is -2.09. The summed E-state index contributed by atoms with van der Waals surface area (Å²) in [5.41, 5.74) is 4.35. The highest BCUT2D eigenvalue weighted by Crippen LogP contribution is 2.15. The van der Waals surface area contributed by atoms with Gasteiger partial charge >= 0.3 is 0 Å². The van der Waals surface area contributed by atoms with Gasteiger partial charge in [-0.15, -0.1) is 9.24 Å². The molecule has 0 aromatic heterocycles. The first kappa shape index (κ1) is 9.41. The van der Waals surface area contributed by atoms with Crippen molar-refractivity contribution >= 4 is 20.8 Å². The summed E-state index contributed by atoms with van der Waals surface area (Å²) in [6.45, 7) is 6.10. The minimum Gasteiger partial charge on any atom is -0.298 e. The smallest absolute Gasteiger partial charge is 0.150 e. The second-order valence-corrected chi connectivity index (χ2v) is 3.67. The van der Waals surface area contributed by atoms with E-state index in [1.165, 1.54) is 11.1 Å². The van der Waals surface area contributed by atoms with Crippen LogP contribution in [0.4, 0.5) is 0 Å². The fraction of sp³-hybridized carbons (Fsp3) is 0.300. The molecule has 0 fully saturated rings. The molecule has 0 heterocycles. The van der Waals surface area contributed by atoms with Crippen molar-refractivity contribution < 1.29 is 4.79 Å². The lowest BCUT2D eigenvalue weighted by Crippen LogP contribution is -2.05. The van der Waals surface area contributed by atoms with E-state index in [2.05, 4.69) is 16.2 Å². The standard InChI is InChI=1S/C10H13OP/c1-6-7(2)9(5-11)4-10(12)8(6)3/h4-5H,12H2,1-3H3. The largest absolute Gasteiger partial charge is 0.298 e. The van der Waals surface area contributed by atoms with Crippen LogP contribution in [0.1, 0.15) is 27.0 Å². The van der Waals surface area contributed by atoms with E-state index >= 15 is 0 Å². The van der Waals surface area contributed by atoms with Crippen molar-refractivity contribution in [1.82, 2.24) is 0 Å². The Bertz CT molecular complexity index is 329. The van der Waals surface area contributed by atoms with Gasteiger partial charge in [-0.25, -0.2) is 0 Å². The Morgan fingerprint density at radius 2 is 1.75 bits per heavy atom. The number of hydrogen-bond acceptors (Lipinski definition) is 1.